The van der Waals surface area contributed by atoms with E-state index in [4.69, 9.17) is 4.74 Å². The van der Waals surface area contributed by atoms with Crippen LogP contribution in [0.3, 0.4) is 0 Å². The molecule has 1 heterocycles. The van der Waals surface area contributed by atoms with Gasteiger partial charge in [0.2, 0.25) is 5.88 Å². The second-order valence-electron chi connectivity index (χ2n) is 7.54. The molecular weight excluding hydrogens is 370 g/mol. The van der Waals surface area contributed by atoms with Gasteiger partial charge < -0.3 is 10.1 Å². The molecule has 0 bridgehead atoms. The molecular formula is C27H21NO2. The molecule has 0 aromatic heterocycles. The highest BCUT2D eigenvalue weighted by Crippen LogP contribution is 2.37. The first-order valence-electron chi connectivity index (χ1n) is 10.0. The van der Waals surface area contributed by atoms with E-state index in [-0.39, 0.29) is 5.78 Å². The number of aryl methyl sites for hydroxylation is 1. The van der Waals surface area contributed by atoms with Gasteiger partial charge in [-0.05, 0) is 35.9 Å². The van der Waals surface area contributed by atoms with Gasteiger partial charge in [0.15, 0.2) is 5.78 Å². The fourth-order valence-electron chi connectivity index (χ4n) is 3.84. The Labute approximate surface area is 175 Å². The zero-order valence-electron chi connectivity index (χ0n) is 16.7. The summed E-state index contributed by atoms with van der Waals surface area (Å²) in [6, 6.07) is 29.7. The number of ketones is 1. The van der Waals surface area contributed by atoms with Crippen LogP contribution in [-0.2, 0) is 6.42 Å². The predicted octanol–water partition coefficient (Wildman–Crippen LogP) is 6.29. The smallest absolute Gasteiger partial charge is 0.205 e. The molecule has 0 spiro atoms. The molecule has 0 unspecified atom stereocenters. The van der Waals surface area contributed by atoms with Gasteiger partial charge in [-0.1, -0.05) is 78.4 Å². The summed E-state index contributed by atoms with van der Waals surface area (Å²) in [6.45, 7) is 2.05. The fraction of sp³-hybridized carbons (Fsp3) is 0.0741. The van der Waals surface area contributed by atoms with Gasteiger partial charge in [0.25, 0.3) is 0 Å². The topological polar surface area (TPSA) is 38.3 Å². The van der Waals surface area contributed by atoms with Gasteiger partial charge in [-0.15, -0.1) is 0 Å². The van der Waals surface area contributed by atoms with Crippen LogP contribution in [0.15, 0.2) is 102 Å². The third-order valence-electron chi connectivity index (χ3n) is 5.46. The Morgan fingerprint density at radius 3 is 2.37 bits per heavy atom. The van der Waals surface area contributed by atoms with Crippen LogP contribution >= 0.6 is 0 Å². The number of hydrogen-bond donors (Lipinski definition) is 1. The minimum absolute atomic E-state index is 0.0243. The maximum Gasteiger partial charge on any atom is 0.205 e. The highest BCUT2D eigenvalue weighted by molar-refractivity contribution is 6.10. The molecule has 3 heteroatoms. The van der Waals surface area contributed by atoms with Crippen LogP contribution in [0.1, 0.15) is 21.5 Å². The van der Waals surface area contributed by atoms with Crippen molar-refractivity contribution in [2.24, 2.45) is 0 Å². The molecule has 0 atom stereocenters. The molecule has 0 radical (unpaired) electrons. The lowest BCUT2D eigenvalue weighted by molar-refractivity contribution is 0.102. The Morgan fingerprint density at radius 1 is 0.833 bits per heavy atom. The van der Waals surface area contributed by atoms with E-state index in [0.717, 1.165) is 27.8 Å². The van der Waals surface area contributed by atoms with Gasteiger partial charge in [-0.3, -0.25) is 4.79 Å². The number of fused-ring (bicyclic) bond motifs is 3. The second kappa shape index (κ2) is 7.53. The summed E-state index contributed by atoms with van der Waals surface area (Å²) >= 11 is 0. The van der Waals surface area contributed by atoms with E-state index in [1.54, 1.807) is 0 Å². The van der Waals surface area contributed by atoms with Crippen LogP contribution in [0.2, 0.25) is 0 Å². The highest BCUT2D eigenvalue weighted by Gasteiger charge is 2.27. The lowest BCUT2D eigenvalue weighted by atomic mass is 9.92. The van der Waals surface area contributed by atoms with Gasteiger partial charge in [-0.2, -0.15) is 0 Å². The number of carbonyl (C=O) groups excluding carboxylic acids is 1. The summed E-state index contributed by atoms with van der Waals surface area (Å²) < 4.78 is 6.28. The van der Waals surface area contributed by atoms with Crippen LogP contribution < -0.4 is 10.1 Å². The summed E-state index contributed by atoms with van der Waals surface area (Å²) in [5.41, 5.74) is 4.39. The zero-order chi connectivity index (χ0) is 20.5. The number of hydrogen-bond acceptors (Lipinski definition) is 3. The van der Waals surface area contributed by atoms with Crippen molar-refractivity contribution in [1.82, 2.24) is 0 Å². The SMILES string of the molecule is Cc1ccc(NC2=C(C(=O)c3ccccc3)Cc3c(ccc4ccccc34)O2)cc1. The predicted molar refractivity (Wildman–Crippen MR) is 121 cm³/mol. The Kier molecular flexibility index (Phi) is 4.56. The van der Waals surface area contributed by atoms with E-state index >= 15 is 0 Å². The first-order valence-corrected chi connectivity index (χ1v) is 10.0. The highest BCUT2D eigenvalue weighted by atomic mass is 16.5. The van der Waals surface area contributed by atoms with Crippen molar-refractivity contribution >= 4 is 22.2 Å². The Hall–Kier alpha value is -3.85. The summed E-state index contributed by atoms with van der Waals surface area (Å²) in [6.07, 6.45) is 0.513. The van der Waals surface area contributed by atoms with Crippen molar-refractivity contribution in [2.45, 2.75) is 13.3 Å². The summed E-state index contributed by atoms with van der Waals surface area (Å²) in [4.78, 5) is 13.4. The number of allylic oxidation sites excluding steroid dienone is 1. The quantitative estimate of drug-likeness (QED) is 0.416. The molecule has 4 aromatic rings. The van der Waals surface area contributed by atoms with E-state index in [1.165, 1.54) is 5.56 Å². The van der Waals surface area contributed by atoms with Crippen LogP contribution in [0, 0.1) is 6.92 Å². The van der Waals surface area contributed by atoms with E-state index in [1.807, 2.05) is 79.7 Å². The fourth-order valence-corrected chi connectivity index (χ4v) is 3.84. The standard InChI is InChI=1S/C27H21NO2/c1-18-11-14-21(15-12-18)28-27-24(26(29)20-8-3-2-4-9-20)17-23-22-10-6-5-7-19(22)13-16-25(23)30-27/h2-16,28H,17H2,1H3. The Balaban J connectivity index is 1.61. The minimum atomic E-state index is -0.0243. The van der Waals surface area contributed by atoms with E-state index in [0.29, 0.717) is 23.4 Å². The normalized spacial score (nSPS) is 13.0. The van der Waals surface area contributed by atoms with Crippen LogP contribution in [-0.4, -0.2) is 5.78 Å². The van der Waals surface area contributed by atoms with Gasteiger partial charge >= 0.3 is 0 Å². The number of rotatable bonds is 4. The number of benzene rings is 4. The van der Waals surface area contributed by atoms with E-state index in [9.17, 15) is 4.79 Å². The van der Waals surface area contributed by atoms with E-state index < -0.39 is 0 Å². The molecule has 1 aliphatic rings. The molecule has 146 valence electrons. The van der Waals surface area contributed by atoms with Crippen molar-refractivity contribution in [1.29, 1.82) is 0 Å². The van der Waals surface area contributed by atoms with Gasteiger partial charge in [0.1, 0.15) is 5.75 Å². The van der Waals surface area contributed by atoms with E-state index in [2.05, 4.69) is 23.5 Å². The average molecular weight is 391 g/mol. The Bertz CT molecular complexity index is 1270. The van der Waals surface area contributed by atoms with Crippen LogP contribution in [0.4, 0.5) is 5.69 Å². The van der Waals surface area contributed by atoms with Crippen LogP contribution in [0.25, 0.3) is 10.8 Å². The Morgan fingerprint density at radius 2 is 1.57 bits per heavy atom. The molecule has 0 saturated heterocycles. The summed E-state index contributed by atoms with van der Waals surface area (Å²) in [5, 5.41) is 5.59. The first-order chi connectivity index (χ1) is 14.7. The van der Waals surface area contributed by atoms with Gasteiger partial charge in [-0.25, -0.2) is 0 Å². The molecule has 1 aliphatic heterocycles. The maximum atomic E-state index is 13.4. The molecule has 30 heavy (non-hydrogen) atoms. The number of anilines is 1. The lowest BCUT2D eigenvalue weighted by Gasteiger charge is -2.25. The molecule has 4 aromatic carbocycles. The lowest BCUT2D eigenvalue weighted by Crippen LogP contribution is -2.22. The van der Waals surface area contributed by atoms with Crippen LogP contribution in [0.5, 0.6) is 5.75 Å². The summed E-state index contributed by atoms with van der Waals surface area (Å²) in [5.74, 6) is 1.26. The molecule has 3 nitrogen and oxygen atoms in total. The minimum Gasteiger partial charge on any atom is -0.440 e. The monoisotopic (exact) mass is 391 g/mol. The zero-order valence-corrected chi connectivity index (χ0v) is 16.7. The third kappa shape index (κ3) is 3.35. The van der Waals surface area contributed by atoms with Crippen molar-refractivity contribution in [3.8, 4) is 5.75 Å². The molecule has 0 amide bonds. The third-order valence-corrected chi connectivity index (χ3v) is 5.46. The van der Waals surface area contributed by atoms with Gasteiger partial charge in [0.05, 0.1) is 5.57 Å². The maximum absolute atomic E-state index is 13.4. The molecule has 5 rings (SSSR count). The second-order valence-corrected chi connectivity index (χ2v) is 7.54. The number of ether oxygens (including phenoxy) is 1. The average Bonchev–Trinajstić information content (AvgIpc) is 2.80. The van der Waals surface area contributed by atoms with Crippen molar-refractivity contribution in [3.05, 3.63) is 119 Å². The molecule has 0 saturated carbocycles. The van der Waals surface area contributed by atoms with Gasteiger partial charge in [0, 0.05) is 23.2 Å². The van der Waals surface area contributed by atoms with Crippen molar-refractivity contribution in [2.75, 3.05) is 5.32 Å². The van der Waals surface area contributed by atoms with Crippen molar-refractivity contribution < 1.29 is 9.53 Å². The largest absolute Gasteiger partial charge is 0.440 e. The number of carbonyl (C=O) groups is 1. The number of nitrogens with one attached hydrogen (secondary N) is 1. The summed E-state index contributed by atoms with van der Waals surface area (Å²) in [7, 11) is 0. The van der Waals surface area contributed by atoms with Crippen molar-refractivity contribution in [3.63, 3.8) is 0 Å². The molecule has 1 N–H and O–H groups in total. The first kappa shape index (κ1) is 18.2. The molecule has 0 aliphatic carbocycles. The number of Topliss-reactive ketones (excluding diaryl/α,β-unsaturated/α-hetero) is 1. The molecule has 0 fully saturated rings.